The van der Waals surface area contributed by atoms with Gasteiger partial charge in [0.2, 0.25) is 0 Å². The van der Waals surface area contributed by atoms with Crippen molar-refractivity contribution in [2.24, 2.45) is 22.3 Å². The van der Waals surface area contributed by atoms with Gasteiger partial charge < -0.3 is 11.5 Å². The van der Waals surface area contributed by atoms with E-state index < -0.39 is 0 Å². The van der Waals surface area contributed by atoms with Gasteiger partial charge in [-0.1, -0.05) is 97.6 Å². The second-order valence-corrected chi connectivity index (χ2v) is 10.8. The zero-order chi connectivity index (χ0) is 18.6. The van der Waals surface area contributed by atoms with E-state index in [9.17, 15) is 0 Å². The first kappa shape index (κ1) is 22.7. The van der Waals surface area contributed by atoms with E-state index in [1.165, 1.54) is 83.5 Å². The van der Waals surface area contributed by atoms with Crippen molar-refractivity contribution in [1.82, 2.24) is 0 Å². The van der Waals surface area contributed by atoms with Gasteiger partial charge in [-0.05, 0) is 55.8 Å². The Morgan fingerprint density at radius 3 is 1.36 bits per heavy atom. The molecule has 0 saturated heterocycles. The summed E-state index contributed by atoms with van der Waals surface area (Å²) in [6.07, 6.45) is 16.8. The van der Waals surface area contributed by atoms with Gasteiger partial charge in [0.25, 0.3) is 0 Å². The van der Waals surface area contributed by atoms with Crippen LogP contribution < -0.4 is 11.5 Å². The lowest BCUT2D eigenvalue weighted by Crippen LogP contribution is -2.65. The highest BCUT2D eigenvalue weighted by Gasteiger charge is 2.57. The maximum absolute atomic E-state index is 7.18. The molecule has 0 radical (unpaired) electrons. The molecule has 4 heteroatoms. The van der Waals surface area contributed by atoms with E-state index in [4.69, 9.17) is 11.5 Å². The predicted octanol–water partition coefficient (Wildman–Crippen LogP) is 6.36. The Labute approximate surface area is 183 Å². The van der Waals surface area contributed by atoms with E-state index >= 15 is 0 Å². The molecule has 0 heterocycles. The van der Waals surface area contributed by atoms with Crippen LogP contribution in [0.3, 0.4) is 0 Å². The Morgan fingerprint density at radius 1 is 0.680 bits per heavy atom. The summed E-state index contributed by atoms with van der Waals surface area (Å²) < 4.78 is 2.18. The quantitative estimate of drug-likeness (QED) is 0.262. The number of alkyl halides is 2. The normalized spacial score (nSPS) is 42.5. The number of rotatable bonds is 8. The summed E-state index contributed by atoms with van der Waals surface area (Å²) in [6, 6.07) is 0. The number of nitrogens with two attached hydrogens (primary N) is 2. The Kier molecular flexibility index (Phi) is 8.39. The Bertz CT molecular complexity index is 386. The van der Waals surface area contributed by atoms with Crippen LogP contribution in [0.5, 0.6) is 0 Å². The number of hydrogen-bond donors (Lipinski definition) is 2. The van der Waals surface area contributed by atoms with E-state index in [0.29, 0.717) is 10.8 Å². The summed E-state index contributed by atoms with van der Waals surface area (Å²) in [5.74, 6) is 0. The number of hydrogen-bond acceptors (Lipinski definition) is 2. The molecular weight excluding hydrogens is 534 g/mol. The van der Waals surface area contributed by atoms with Gasteiger partial charge in [0, 0.05) is 19.9 Å². The predicted molar refractivity (Wildman–Crippen MR) is 128 cm³/mol. The van der Waals surface area contributed by atoms with Crippen molar-refractivity contribution in [2.75, 3.05) is 8.86 Å². The van der Waals surface area contributed by atoms with Crippen LogP contribution in [0.25, 0.3) is 0 Å². The summed E-state index contributed by atoms with van der Waals surface area (Å²) in [7, 11) is 0. The molecule has 148 valence electrons. The van der Waals surface area contributed by atoms with Gasteiger partial charge in [-0.2, -0.15) is 0 Å². The van der Waals surface area contributed by atoms with Crippen molar-refractivity contribution in [3.8, 4) is 0 Å². The summed E-state index contributed by atoms with van der Waals surface area (Å²) in [6.45, 7) is 4.71. The molecule has 0 aliphatic heterocycles. The fraction of sp³-hybridized carbons (Fsp3) is 1.00. The Morgan fingerprint density at radius 2 is 1.04 bits per heavy atom. The van der Waals surface area contributed by atoms with Crippen molar-refractivity contribution >= 4 is 45.2 Å². The molecule has 2 rings (SSSR count). The molecule has 2 nitrogen and oxygen atoms in total. The molecule has 2 aliphatic rings. The van der Waals surface area contributed by atoms with Crippen molar-refractivity contribution in [3.05, 3.63) is 0 Å². The highest BCUT2D eigenvalue weighted by atomic mass is 127. The second-order valence-electron chi connectivity index (χ2n) is 9.23. The van der Waals surface area contributed by atoms with Gasteiger partial charge in [0.1, 0.15) is 0 Å². The third-order valence-electron chi connectivity index (χ3n) is 7.78. The fourth-order valence-electron chi connectivity index (χ4n) is 6.31. The average molecular weight is 574 g/mol. The van der Waals surface area contributed by atoms with E-state index in [1.54, 1.807) is 0 Å². The standard InChI is InChI=1S/C21H40I2N2/c1-3-9-18(11-5-7-13-20(18,24)16-22)15-19(10-4-2)12-6-8-14-21(19,25)17-23/h3-17,24-25H2,1-2H3. The van der Waals surface area contributed by atoms with Crippen LogP contribution in [0.15, 0.2) is 0 Å². The third-order valence-corrected chi connectivity index (χ3v) is 10.5. The molecule has 25 heavy (non-hydrogen) atoms. The van der Waals surface area contributed by atoms with Crippen LogP contribution in [-0.2, 0) is 0 Å². The Balaban J connectivity index is 2.46. The van der Waals surface area contributed by atoms with Crippen LogP contribution in [0.1, 0.15) is 97.3 Å². The lowest BCUT2D eigenvalue weighted by Gasteiger charge is -2.60. The number of halogens is 2. The monoisotopic (exact) mass is 574 g/mol. The minimum Gasteiger partial charge on any atom is -0.324 e. The van der Waals surface area contributed by atoms with Gasteiger partial charge in [-0.15, -0.1) is 0 Å². The van der Waals surface area contributed by atoms with Gasteiger partial charge >= 0.3 is 0 Å². The lowest BCUT2D eigenvalue weighted by atomic mass is 9.48. The molecule has 2 aliphatic carbocycles. The van der Waals surface area contributed by atoms with Gasteiger partial charge in [-0.3, -0.25) is 0 Å². The van der Waals surface area contributed by atoms with E-state index in [1.807, 2.05) is 0 Å². The topological polar surface area (TPSA) is 52.0 Å². The highest BCUT2D eigenvalue weighted by molar-refractivity contribution is 14.1. The van der Waals surface area contributed by atoms with Gasteiger partial charge in [-0.25, -0.2) is 0 Å². The molecule has 0 amide bonds. The third kappa shape index (κ3) is 4.21. The van der Waals surface area contributed by atoms with Crippen molar-refractivity contribution in [3.63, 3.8) is 0 Å². The minimum atomic E-state index is 0.00614. The van der Waals surface area contributed by atoms with Crippen molar-refractivity contribution in [1.29, 1.82) is 0 Å². The molecular formula is C21H40I2N2. The summed E-state index contributed by atoms with van der Waals surface area (Å²) in [4.78, 5) is 0. The summed E-state index contributed by atoms with van der Waals surface area (Å²) in [5.41, 5.74) is 15.0. The molecule has 0 aromatic heterocycles. The van der Waals surface area contributed by atoms with Crippen LogP contribution in [-0.4, -0.2) is 19.9 Å². The van der Waals surface area contributed by atoms with Crippen molar-refractivity contribution in [2.45, 2.75) is 108 Å². The van der Waals surface area contributed by atoms with E-state index in [-0.39, 0.29) is 11.1 Å². The zero-order valence-corrected chi connectivity index (χ0v) is 20.8. The SMILES string of the molecule is CCCC1(CC2(CCC)CCCCC2(N)CI)CCCCC1(N)CI. The van der Waals surface area contributed by atoms with Crippen LogP contribution in [0.2, 0.25) is 0 Å². The first-order valence-corrected chi connectivity index (χ1v) is 13.6. The smallest absolute Gasteiger partial charge is 0.0302 e. The van der Waals surface area contributed by atoms with Gasteiger partial charge in [0.15, 0.2) is 0 Å². The zero-order valence-electron chi connectivity index (χ0n) is 16.5. The maximum Gasteiger partial charge on any atom is 0.0302 e. The molecule has 0 aromatic carbocycles. The van der Waals surface area contributed by atoms with Gasteiger partial charge in [0.05, 0.1) is 0 Å². The molecule has 0 aromatic rings. The molecule has 0 bridgehead atoms. The van der Waals surface area contributed by atoms with Crippen molar-refractivity contribution < 1.29 is 0 Å². The molecule has 4 atom stereocenters. The maximum atomic E-state index is 7.18. The largest absolute Gasteiger partial charge is 0.324 e. The average Bonchev–Trinajstić information content (AvgIpc) is 2.61. The fourth-order valence-corrected chi connectivity index (χ4v) is 8.69. The molecule has 4 N–H and O–H groups in total. The van der Waals surface area contributed by atoms with E-state index in [2.05, 4.69) is 59.0 Å². The van der Waals surface area contributed by atoms with Crippen LogP contribution in [0.4, 0.5) is 0 Å². The highest BCUT2D eigenvalue weighted by Crippen LogP contribution is 2.60. The van der Waals surface area contributed by atoms with Crippen LogP contribution >= 0.6 is 45.2 Å². The Hall–Kier alpha value is 1.38. The first-order chi connectivity index (χ1) is 11.9. The van der Waals surface area contributed by atoms with Crippen LogP contribution in [0, 0.1) is 10.8 Å². The molecule has 2 saturated carbocycles. The lowest BCUT2D eigenvalue weighted by molar-refractivity contribution is -0.0428. The first-order valence-electron chi connectivity index (χ1n) is 10.6. The molecule has 4 unspecified atom stereocenters. The summed E-state index contributed by atoms with van der Waals surface area (Å²) >= 11 is 5.14. The minimum absolute atomic E-state index is 0.00614. The van der Waals surface area contributed by atoms with E-state index in [0.717, 1.165) is 8.86 Å². The summed E-state index contributed by atoms with van der Waals surface area (Å²) in [5, 5.41) is 0. The molecule has 2 fully saturated rings. The molecule has 0 spiro atoms. The second kappa shape index (κ2) is 9.25.